The molecule has 0 saturated carbocycles. The van der Waals surface area contributed by atoms with E-state index in [9.17, 15) is 0 Å². The fourth-order valence-corrected chi connectivity index (χ4v) is 3.09. The quantitative estimate of drug-likeness (QED) is 0.731. The largest absolute Gasteiger partial charge is 0.372 e. The van der Waals surface area contributed by atoms with Gasteiger partial charge in [-0.05, 0) is 23.8 Å². The number of hydrogen-bond acceptors (Lipinski definition) is 2. The van der Waals surface area contributed by atoms with Gasteiger partial charge in [0.2, 0.25) is 0 Å². The second-order valence-corrected chi connectivity index (χ2v) is 5.83. The van der Waals surface area contributed by atoms with Crippen LogP contribution in [0.2, 0.25) is 0 Å². The molecule has 24 heavy (non-hydrogen) atoms. The summed E-state index contributed by atoms with van der Waals surface area (Å²) in [6, 6.07) is 16.8. The first-order valence-corrected chi connectivity index (χ1v) is 7.92. The number of hydrogen-bond donors (Lipinski definition) is 1. The Morgan fingerprint density at radius 3 is 2.75 bits per heavy atom. The Morgan fingerprint density at radius 1 is 1.04 bits per heavy atom. The molecular formula is C20H20ClN3. The molecule has 1 aliphatic rings. The van der Waals surface area contributed by atoms with Crippen molar-refractivity contribution < 1.29 is 0 Å². The van der Waals surface area contributed by atoms with Crippen LogP contribution in [0.25, 0.3) is 17.0 Å². The molecule has 0 bridgehead atoms. The zero-order valence-corrected chi connectivity index (χ0v) is 14.4. The number of aromatic nitrogens is 1. The van der Waals surface area contributed by atoms with Crippen LogP contribution >= 0.6 is 12.4 Å². The van der Waals surface area contributed by atoms with Gasteiger partial charge in [0, 0.05) is 41.9 Å². The topological polar surface area (TPSA) is 31.4 Å². The average Bonchev–Trinajstić information content (AvgIpc) is 2.93. The Labute approximate surface area is 148 Å². The number of benzene rings is 2. The molecule has 4 rings (SSSR count). The third-order valence-corrected chi connectivity index (χ3v) is 4.35. The average molecular weight is 338 g/mol. The second kappa shape index (κ2) is 6.93. The lowest BCUT2D eigenvalue weighted by molar-refractivity contribution is 0.897. The molecule has 3 nitrogen and oxygen atoms in total. The van der Waals surface area contributed by atoms with Crippen LogP contribution in [0.1, 0.15) is 11.1 Å². The Balaban J connectivity index is 0.00000169. The zero-order valence-electron chi connectivity index (χ0n) is 13.6. The number of fused-ring (bicyclic) bond motifs is 2. The molecule has 1 aliphatic heterocycles. The standard InChI is InChI=1S/C20H19N3.ClH/c1-23-13-12-21-19(17-7-3-5-9-20(17)23)11-10-15-14-22-18-8-4-2-6-16(15)18;/h2-11,14,22H,12-13H2,1H3;1H. The number of anilines is 1. The van der Waals surface area contributed by atoms with Crippen molar-refractivity contribution in [2.75, 3.05) is 25.0 Å². The highest BCUT2D eigenvalue weighted by Crippen LogP contribution is 2.24. The van der Waals surface area contributed by atoms with Crippen molar-refractivity contribution in [3.05, 3.63) is 71.9 Å². The maximum Gasteiger partial charge on any atom is 0.0668 e. The minimum atomic E-state index is 0. The molecule has 0 unspecified atom stereocenters. The molecule has 0 radical (unpaired) electrons. The van der Waals surface area contributed by atoms with Crippen LogP contribution in [-0.4, -0.2) is 30.8 Å². The smallest absolute Gasteiger partial charge is 0.0668 e. The molecule has 2 heterocycles. The van der Waals surface area contributed by atoms with Gasteiger partial charge in [0.25, 0.3) is 0 Å². The molecule has 3 aromatic rings. The summed E-state index contributed by atoms with van der Waals surface area (Å²) in [5.41, 5.74) is 5.85. The summed E-state index contributed by atoms with van der Waals surface area (Å²) < 4.78 is 0. The zero-order chi connectivity index (χ0) is 15.6. The predicted molar refractivity (Wildman–Crippen MR) is 106 cm³/mol. The van der Waals surface area contributed by atoms with Crippen LogP contribution < -0.4 is 4.90 Å². The highest BCUT2D eigenvalue weighted by atomic mass is 35.5. The van der Waals surface area contributed by atoms with Gasteiger partial charge in [0.05, 0.1) is 12.3 Å². The number of benzodiazepines with no additional fused rings is 1. The first-order chi connectivity index (χ1) is 11.3. The maximum absolute atomic E-state index is 4.77. The highest BCUT2D eigenvalue weighted by molar-refractivity contribution is 6.14. The number of aromatic amines is 1. The lowest BCUT2D eigenvalue weighted by Gasteiger charge is -2.18. The summed E-state index contributed by atoms with van der Waals surface area (Å²) in [7, 11) is 2.13. The van der Waals surface area contributed by atoms with Gasteiger partial charge in [-0.15, -0.1) is 12.4 Å². The van der Waals surface area contributed by atoms with Gasteiger partial charge >= 0.3 is 0 Å². The molecule has 122 valence electrons. The third-order valence-electron chi connectivity index (χ3n) is 4.35. The maximum atomic E-state index is 4.77. The number of rotatable bonds is 2. The summed E-state index contributed by atoms with van der Waals surface area (Å²) in [5, 5.41) is 1.24. The van der Waals surface area contributed by atoms with Gasteiger partial charge in [-0.25, -0.2) is 0 Å². The Bertz CT molecular complexity index is 908. The first-order valence-electron chi connectivity index (χ1n) is 7.92. The van der Waals surface area contributed by atoms with Crippen LogP contribution in [0.15, 0.2) is 65.8 Å². The molecule has 1 aromatic heterocycles. The molecule has 0 fully saturated rings. The van der Waals surface area contributed by atoms with E-state index in [1.165, 1.54) is 22.2 Å². The van der Waals surface area contributed by atoms with Gasteiger partial charge in [-0.1, -0.05) is 42.5 Å². The van der Waals surface area contributed by atoms with Crippen LogP contribution in [0.4, 0.5) is 5.69 Å². The van der Waals surface area contributed by atoms with Crippen molar-refractivity contribution in [1.29, 1.82) is 0 Å². The number of para-hydroxylation sites is 2. The number of halogens is 1. The van der Waals surface area contributed by atoms with Crippen molar-refractivity contribution in [2.24, 2.45) is 4.99 Å². The molecule has 2 aromatic carbocycles. The Morgan fingerprint density at radius 2 is 1.83 bits per heavy atom. The van der Waals surface area contributed by atoms with Crippen LogP contribution in [-0.2, 0) is 0 Å². The van der Waals surface area contributed by atoms with Crippen molar-refractivity contribution in [3.8, 4) is 0 Å². The predicted octanol–water partition coefficient (Wildman–Crippen LogP) is 4.54. The SMILES string of the molecule is CN1CCN=C(C=Cc2c[nH]c3ccccc23)c2ccccc21.Cl. The van der Waals surface area contributed by atoms with E-state index in [4.69, 9.17) is 4.99 Å². The Kier molecular flexibility index (Phi) is 4.72. The van der Waals surface area contributed by atoms with Crippen LogP contribution in [0.5, 0.6) is 0 Å². The van der Waals surface area contributed by atoms with E-state index in [2.05, 4.69) is 77.7 Å². The van der Waals surface area contributed by atoms with Crippen molar-refractivity contribution in [1.82, 2.24) is 4.98 Å². The van der Waals surface area contributed by atoms with Crippen molar-refractivity contribution in [2.45, 2.75) is 0 Å². The molecular weight excluding hydrogens is 318 g/mol. The molecule has 0 saturated heterocycles. The van der Waals surface area contributed by atoms with Crippen molar-refractivity contribution >= 4 is 40.8 Å². The summed E-state index contributed by atoms with van der Waals surface area (Å²) in [4.78, 5) is 10.4. The summed E-state index contributed by atoms with van der Waals surface area (Å²) in [5.74, 6) is 0. The molecule has 0 amide bonds. The number of aliphatic imine (C=N–C) groups is 1. The summed E-state index contributed by atoms with van der Waals surface area (Å²) >= 11 is 0. The minimum Gasteiger partial charge on any atom is -0.372 e. The number of nitrogens with one attached hydrogen (secondary N) is 1. The first kappa shape index (κ1) is 16.3. The van der Waals surface area contributed by atoms with Gasteiger partial charge in [-0.2, -0.15) is 0 Å². The van der Waals surface area contributed by atoms with E-state index in [1.807, 2.05) is 6.07 Å². The van der Waals surface area contributed by atoms with Gasteiger partial charge in [0.1, 0.15) is 0 Å². The van der Waals surface area contributed by atoms with Crippen LogP contribution in [0.3, 0.4) is 0 Å². The van der Waals surface area contributed by atoms with Gasteiger partial charge < -0.3 is 9.88 Å². The molecule has 1 N–H and O–H groups in total. The summed E-state index contributed by atoms with van der Waals surface area (Å²) in [6.45, 7) is 1.76. The van der Waals surface area contributed by atoms with Gasteiger partial charge in [-0.3, -0.25) is 4.99 Å². The number of allylic oxidation sites excluding steroid dienone is 1. The normalized spacial score (nSPS) is 14.2. The molecule has 0 spiro atoms. The van der Waals surface area contributed by atoms with Crippen molar-refractivity contribution in [3.63, 3.8) is 0 Å². The Hall–Kier alpha value is -2.52. The molecule has 4 heteroatoms. The number of H-pyrrole nitrogens is 1. The van der Waals surface area contributed by atoms with E-state index in [0.717, 1.165) is 24.3 Å². The number of nitrogens with zero attached hydrogens (tertiary/aromatic N) is 2. The van der Waals surface area contributed by atoms with Gasteiger partial charge in [0.15, 0.2) is 0 Å². The fraction of sp³-hybridized carbons (Fsp3) is 0.150. The van der Waals surface area contributed by atoms with E-state index in [1.54, 1.807) is 0 Å². The number of likely N-dealkylation sites (N-methyl/N-ethyl adjacent to an activating group) is 1. The second-order valence-electron chi connectivity index (χ2n) is 5.83. The summed E-state index contributed by atoms with van der Waals surface area (Å²) in [6.07, 6.45) is 6.34. The van der Waals surface area contributed by atoms with E-state index < -0.39 is 0 Å². The minimum absolute atomic E-state index is 0. The molecule has 0 atom stereocenters. The van der Waals surface area contributed by atoms with E-state index in [-0.39, 0.29) is 12.4 Å². The fourth-order valence-electron chi connectivity index (χ4n) is 3.09. The lowest BCUT2D eigenvalue weighted by Crippen LogP contribution is -2.20. The lowest BCUT2D eigenvalue weighted by atomic mass is 10.1. The van der Waals surface area contributed by atoms with E-state index >= 15 is 0 Å². The van der Waals surface area contributed by atoms with E-state index in [0.29, 0.717) is 0 Å². The monoisotopic (exact) mass is 337 g/mol. The molecule has 0 aliphatic carbocycles. The highest BCUT2D eigenvalue weighted by Gasteiger charge is 2.13. The van der Waals surface area contributed by atoms with Crippen LogP contribution in [0, 0.1) is 0 Å². The third kappa shape index (κ3) is 2.95.